The molecule has 20 heavy (non-hydrogen) atoms. The fourth-order valence-corrected chi connectivity index (χ4v) is 2.00. The summed E-state index contributed by atoms with van der Waals surface area (Å²) in [5.74, 6) is 1.57. The summed E-state index contributed by atoms with van der Waals surface area (Å²) in [6, 6.07) is 14.8. The molecule has 3 N–H and O–H groups in total. The van der Waals surface area contributed by atoms with Crippen LogP contribution in [0.3, 0.4) is 0 Å². The Hall–Kier alpha value is -2.01. The lowest BCUT2D eigenvalue weighted by molar-refractivity contribution is 0.216. The molecule has 0 unspecified atom stereocenters. The molecule has 5 heteroatoms. The number of nitrogens with one attached hydrogen (secondary N) is 1. The van der Waals surface area contributed by atoms with Gasteiger partial charge in [-0.25, -0.2) is 0 Å². The standard InChI is InChI=1S/C15H15BrN2O2/c16-13-3-1-2-4-14(13)20-10-9-19-12-7-5-11(6-8-12)15(17)18/h1-8H,9-10H2,(H3,17,18). The van der Waals surface area contributed by atoms with Gasteiger partial charge in [-0.15, -0.1) is 0 Å². The van der Waals surface area contributed by atoms with Gasteiger partial charge in [0.2, 0.25) is 0 Å². The van der Waals surface area contributed by atoms with Crippen molar-refractivity contribution in [2.45, 2.75) is 0 Å². The van der Waals surface area contributed by atoms with E-state index in [1.54, 1.807) is 24.3 Å². The molecule has 0 fully saturated rings. The number of hydrogen-bond donors (Lipinski definition) is 2. The first kappa shape index (κ1) is 14.4. The van der Waals surface area contributed by atoms with E-state index in [1.165, 1.54) is 0 Å². The third-order valence-corrected chi connectivity index (χ3v) is 3.27. The summed E-state index contributed by atoms with van der Waals surface area (Å²) in [7, 11) is 0. The molecule has 2 aromatic carbocycles. The van der Waals surface area contributed by atoms with Gasteiger partial charge in [0.05, 0.1) is 4.47 Å². The fraction of sp³-hybridized carbons (Fsp3) is 0.133. The number of para-hydroxylation sites is 1. The van der Waals surface area contributed by atoms with Gasteiger partial charge in [-0.1, -0.05) is 12.1 Å². The van der Waals surface area contributed by atoms with Gasteiger partial charge in [0.1, 0.15) is 30.5 Å². The van der Waals surface area contributed by atoms with E-state index in [9.17, 15) is 0 Å². The Morgan fingerprint density at radius 2 is 1.65 bits per heavy atom. The molecule has 0 aliphatic heterocycles. The lowest BCUT2D eigenvalue weighted by Gasteiger charge is -2.09. The number of ether oxygens (including phenoxy) is 2. The summed E-state index contributed by atoms with van der Waals surface area (Å²) in [6.07, 6.45) is 0. The van der Waals surface area contributed by atoms with Gasteiger partial charge in [-0.3, -0.25) is 5.41 Å². The number of rotatable bonds is 6. The van der Waals surface area contributed by atoms with Crippen LogP contribution < -0.4 is 15.2 Å². The Balaban J connectivity index is 1.79. The van der Waals surface area contributed by atoms with E-state index < -0.39 is 0 Å². The Kier molecular flexibility index (Phi) is 5.01. The number of nitrogens with two attached hydrogens (primary N) is 1. The van der Waals surface area contributed by atoms with Gasteiger partial charge in [-0.2, -0.15) is 0 Å². The van der Waals surface area contributed by atoms with Gasteiger partial charge in [-0.05, 0) is 52.3 Å². The summed E-state index contributed by atoms with van der Waals surface area (Å²) in [5, 5.41) is 7.30. The largest absolute Gasteiger partial charge is 0.490 e. The molecule has 2 rings (SSSR count). The number of benzene rings is 2. The SMILES string of the molecule is N=C(N)c1ccc(OCCOc2ccccc2Br)cc1. The molecule has 0 spiro atoms. The Bertz CT molecular complexity index is 585. The van der Waals surface area contributed by atoms with E-state index in [0.29, 0.717) is 18.8 Å². The number of nitrogen functional groups attached to an aromatic ring is 1. The van der Waals surface area contributed by atoms with Crippen LogP contribution in [0.5, 0.6) is 11.5 Å². The summed E-state index contributed by atoms with van der Waals surface area (Å²) in [4.78, 5) is 0. The van der Waals surface area contributed by atoms with Gasteiger partial charge in [0.15, 0.2) is 0 Å². The lowest BCUT2D eigenvalue weighted by Crippen LogP contribution is -2.11. The molecular weight excluding hydrogens is 320 g/mol. The molecule has 0 saturated heterocycles. The molecule has 0 bridgehead atoms. The van der Waals surface area contributed by atoms with Crippen LogP contribution in [0.15, 0.2) is 53.0 Å². The van der Waals surface area contributed by atoms with Gasteiger partial charge < -0.3 is 15.2 Å². The van der Waals surface area contributed by atoms with Gasteiger partial charge in [0.25, 0.3) is 0 Å². The van der Waals surface area contributed by atoms with Gasteiger partial charge >= 0.3 is 0 Å². The summed E-state index contributed by atoms with van der Waals surface area (Å²) in [6.45, 7) is 0.901. The second-order valence-electron chi connectivity index (χ2n) is 4.07. The minimum atomic E-state index is 0.0498. The molecule has 0 amide bonds. The Morgan fingerprint density at radius 3 is 2.30 bits per heavy atom. The molecule has 0 aliphatic carbocycles. The van der Waals surface area contributed by atoms with Crippen molar-refractivity contribution in [1.29, 1.82) is 5.41 Å². The molecule has 0 radical (unpaired) electrons. The maximum atomic E-state index is 7.30. The van der Waals surface area contributed by atoms with Crippen LogP contribution in [0.1, 0.15) is 5.56 Å². The monoisotopic (exact) mass is 334 g/mol. The van der Waals surface area contributed by atoms with E-state index in [2.05, 4.69) is 15.9 Å². The van der Waals surface area contributed by atoms with Crippen LogP contribution in [-0.4, -0.2) is 19.0 Å². The van der Waals surface area contributed by atoms with E-state index in [0.717, 1.165) is 16.0 Å². The van der Waals surface area contributed by atoms with E-state index in [-0.39, 0.29) is 5.84 Å². The average Bonchev–Trinajstić information content (AvgIpc) is 2.46. The molecule has 0 aromatic heterocycles. The maximum Gasteiger partial charge on any atom is 0.133 e. The Morgan fingerprint density at radius 1 is 1.00 bits per heavy atom. The summed E-state index contributed by atoms with van der Waals surface area (Å²) < 4.78 is 12.1. The zero-order valence-corrected chi connectivity index (χ0v) is 12.4. The highest BCUT2D eigenvalue weighted by Crippen LogP contribution is 2.23. The second-order valence-corrected chi connectivity index (χ2v) is 4.92. The van der Waals surface area contributed by atoms with Crippen molar-refractivity contribution in [3.05, 3.63) is 58.6 Å². The van der Waals surface area contributed by atoms with Crippen molar-refractivity contribution >= 4 is 21.8 Å². The number of amidine groups is 1. The van der Waals surface area contributed by atoms with Crippen LogP contribution >= 0.6 is 15.9 Å². The highest BCUT2D eigenvalue weighted by molar-refractivity contribution is 9.10. The molecular formula is C15H15BrN2O2. The van der Waals surface area contributed by atoms with E-state index in [4.69, 9.17) is 20.6 Å². The third kappa shape index (κ3) is 3.99. The zero-order chi connectivity index (χ0) is 14.4. The fourth-order valence-electron chi connectivity index (χ4n) is 1.60. The molecule has 0 saturated carbocycles. The molecule has 2 aromatic rings. The van der Waals surface area contributed by atoms with Crippen molar-refractivity contribution in [3.63, 3.8) is 0 Å². The lowest BCUT2D eigenvalue weighted by atomic mass is 10.2. The predicted molar refractivity (Wildman–Crippen MR) is 82.6 cm³/mol. The first-order valence-corrected chi connectivity index (χ1v) is 6.90. The minimum absolute atomic E-state index is 0.0498. The number of halogens is 1. The average molecular weight is 335 g/mol. The van der Waals surface area contributed by atoms with E-state index >= 15 is 0 Å². The Labute approximate surface area is 126 Å². The molecule has 0 heterocycles. The maximum absolute atomic E-state index is 7.30. The highest BCUT2D eigenvalue weighted by atomic mass is 79.9. The van der Waals surface area contributed by atoms with Crippen LogP contribution in [0.2, 0.25) is 0 Å². The van der Waals surface area contributed by atoms with Crippen LogP contribution in [-0.2, 0) is 0 Å². The normalized spacial score (nSPS) is 10.1. The van der Waals surface area contributed by atoms with Crippen molar-refractivity contribution in [2.75, 3.05) is 13.2 Å². The summed E-state index contributed by atoms with van der Waals surface area (Å²) in [5.41, 5.74) is 6.06. The molecule has 104 valence electrons. The quantitative estimate of drug-likeness (QED) is 0.484. The third-order valence-electron chi connectivity index (χ3n) is 2.61. The van der Waals surface area contributed by atoms with Crippen molar-refractivity contribution < 1.29 is 9.47 Å². The topological polar surface area (TPSA) is 68.3 Å². The van der Waals surface area contributed by atoms with Crippen molar-refractivity contribution in [2.24, 2.45) is 5.73 Å². The highest BCUT2D eigenvalue weighted by Gasteiger charge is 2.00. The van der Waals surface area contributed by atoms with Crippen molar-refractivity contribution in [3.8, 4) is 11.5 Å². The molecule has 0 aliphatic rings. The van der Waals surface area contributed by atoms with E-state index in [1.807, 2.05) is 24.3 Å². The smallest absolute Gasteiger partial charge is 0.133 e. The van der Waals surface area contributed by atoms with Crippen LogP contribution in [0.4, 0.5) is 0 Å². The predicted octanol–water partition coefficient (Wildman–Crippen LogP) is 3.19. The van der Waals surface area contributed by atoms with Crippen molar-refractivity contribution in [1.82, 2.24) is 0 Å². The van der Waals surface area contributed by atoms with Crippen LogP contribution in [0, 0.1) is 5.41 Å². The zero-order valence-electron chi connectivity index (χ0n) is 10.8. The molecule has 4 nitrogen and oxygen atoms in total. The molecule has 0 atom stereocenters. The number of hydrogen-bond acceptors (Lipinski definition) is 3. The first-order valence-electron chi connectivity index (χ1n) is 6.11. The summed E-state index contributed by atoms with van der Waals surface area (Å²) >= 11 is 3.42. The first-order chi connectivity index (χ1) is 9.66. The van der Waals surface area contributed by atoms with Gasteiger partial charge in [0, 0.05) is 5.56 Å². The van der Waals surface area contributed by atoms with Crippen LogP contribution in [0.25, 0.3) is 0 Å². The minimum Gasteiger partial charge on any atom is -0.490 e. The second kappa shape index (κ2) is 6.96.